The number of nitro groups is 1. The van der Waals surface area contributed by atoms with Crippen LogP contribution in [0.25, 0.3) is 0 Å². The van der Waals surface area contributed by atoms with Gasteiger partial charge in [0, 0.05) is 25.5 Å². The average molecular weight is 387 g/mol. The second-order valence-corrected chi connectivity index (χ2v) is 6.05. The van der Waals surface area contributed by atoms with Gasteiger partial charge in [-0.05, 0) is 46.4 Å². The summed E-state index contributed by atoms with van der Waals surface area (Å²) in [5, 5.41) is 19.6. The molecule has 0 unspecified atom stereocenters. The fourth-order valence-electron chi connectivity index (χ4n) is 1.48. The summed E-state index contributed by atoms with van der Waals surface area (Å²) >= 11 is 3.64. The minimum Gasteiger partial charge on any atom is -0.392 e. The number of nitrogens with zero attached hydrogens (tertiary/aromatic N) is 1. The van der Waals surface area contributed by atoms with Crippen molar-refractivity contribution in [1.82, 2.24) is 0 Å². The van der Waals surface area contributed by atoms with Gasteiger partial charge in [0.1, 0.15) is 0 Å². The van der Waals surface area contributed by atoms with Crippen LogP contribution in [0.1, 0.15) is 5.56 Å². The molecule has 4 nitrogen and oxygen atoms in total. The zero-order valence-corrected chi connectivity index (χ0v) is 12.7. The molecule has 0 bridgehead atoms. The number of nitro benzene ring substituents is 1. The van der Waals surface area contributed by atoms with E-state index in [2.05, 4.69) is 22.6 Å². The minimum atomic E-state index is -0.396. The lowest BCUT2D eigenvalue weighted by atomic mass is 10.2. The molecule has 1 N–H and O–H groups in total. The van der Waals surface area contributed by atoms with Crippen molar-refractivity contribution in [3.05, 3.63) is 61.7 Å². The van der Waals surface area contributed by atoms with Crippen molar-refractivity contribution >= 4 is 40.0 Å². The lowest BCUT2D eigenvalue weighted by Crippen LogP contribution is -1.89. The molecule has 0 aliphatic rings. The average Bonchev–Trinajstić information content (AvgIpc) is 2.41. The molecule has 98 valence electrons. The molecule has 0 amide bonds. The molecular formula is C13H10INO3S. The zero-order valence-electron chi connectivity index (χ0n) is 9.75. The summed E-state index contributed by atoms with van der Waals surface area (Å²) in [5.41, 5.74) is 0.965. The van der Waals surface area contributed by atoms with Crippen molar-refractivity contribution in [2.75, 3.05) is 0 Å². The number of hydrogen-bond acceptors (Lipinski definition) is 4. The summed E-state index contributed by atoms with van der Waals surface area (Å²) in [6.45, 7) is 0.0278. The van der Waals surface area contributed by atoms with Gasteiger partial charge in [0.25, 0.3) is 5.69 Å². The number of benzene rings is 2. The fraction of sp³-hybridized carbons (Fsp3) is 0.0769. The number of rotatable bonds is 4. The molecule has 0 saturated heterocycles. The van der Waals surface area contributed by atoms with Crippen LogP contribution in [0.3, 0.4) is 0 Å². The fourth-order valence-corrected chi connectivity index (χ4v) is 3.12. The molecule has 0 atom stereocenters. The van der Waals surface area contributed by atoms with Crippen molar-refractivity contribution in [2.24, 2.45) is 0 Å². The maximum Gasteiger partial charge on any atom is 0.270 e. The van der Waals surface area contributed by atoms with Gasteiger partial charge in [-0.15, -0.1) is 0 Å². The predicted octanol–water partition coefficient (Wildman–Crippen LogP) is 3.84. The Bertz CT molecular complexity index is 601. The summed E-state index contributed by atoms with van der Waals surface area (Å²) in [6.07, 6.45) is 0. The maximum absolute atomic E-state index is 10.7. The third-order valence-corrected chi connectivity index (χ3v) is 4.80. The van der Waals surface area contributed by atoms with Gasteiger partial charge in [-0.1, -0.05) is 23.9 Å². The molecule has 0 aromatic heterocycles. The summed E-state index contributed by atoms with van der Waals surface area (Å²) < 4.78 is 0.850. The van der Waals surface area contributed by atoms with E-state index in [9.17, 15) is 10.1 Å². The molecule has 2 aromatic carbocycles. The highest BCUT2D eigenvalue weighted by Gasteiger charge is 2.09. The van der Waals surface area contributed by atoms with E-state index < -0.39 is 4.92 Å². The lowest BCUT2D eigenvalue weighted by molar-refractivity contribution is -0.385. The number of non-ortho nitro benzene ring substituents is 1. The van der Waals surface area contributed by atoms with Gasteiger partial charge >= 0.3 is 0 Å². The topological polar surface area (TPSA) is 63.4 Å². The van der Waals surface area contributed by atoms with E-state index in [4.69, 9.17) is 5.11 Å². The van der Waals surface area contributed by atoms with Crippen molar-refractivity contribution in [1.29, 1.82) is 0 Å². The van der Waals surface area contributed by atoms with Crippen LogP contribution in [-0.4, -0.2) is 10.0 Å². The van der Waals surface area contributed by atoms with Crippen LogP contribution in [0.15, 0.2) is 52.3 Å². The molecule has 19 heavy (non-hydrogen) atoms. The second-order valence-electron chi connectivity index (χ2n) is 3.78. The van der Waals surface area contributed by atoms with Gasteiger partial charge in [0.15, 0.2) is 0 Å². The largest absolute Gasteiger partial charge is 0.392 e. The number of halogens is 1. The van der Waals surface area contributed by atoms with Gasteiger partial charge in [0.05, 0.1) is 11.5 Å². The van der Waals surface area contributed by atoms with Crippen LogP contribution in [0, 0.1) is 13.7 Å². The highest BCUT2D eigenvalue weighted by Crippen LogP contribution is 2.33. The lowest BCUT2D eigenvalue weighted by Gasteiger charge is -2.05. The first-order valence-electron chi connectivity index (χ1n) is 5.42. The van der Waals surface area contributed by atoms with E-state index in [1.165, 1.54) is 6.07 Å². The van der Waals surface area contributed by atoms with Gasteiger partial charge < -0.3 is 5.11 Å². The van der Waals surface area contributed by atoms with E-state index in [-0.39, 0.29) is 12.3 Å². The van der Waals surface area contributed by atoms with E-state index in [0.29, 0.717) is 0 Å². The highest BCUT2D eigenvalue weighted by molar-refractivity contribution is 14.1. The quantitative estimate of drug-likeness (QED) is 0.492. The predicted molar refractivity (Wildman–Crippen MR) is 82.3 cm³/mol. The Hall–Kier alpha value is -1.12. The number of aliphatic hydroxyl groups is 1. The summed E-state index contributed by atoms with van der Waals surface area (Å²) in [5.74, 6) is 0. The van der Waals surface area contributed by atoms with Crippen molar-refractivity contribution < 1.29 is 10.0 Å². The Kier molecular flexibility index (Phi) is 4.78. The molecule has 0 heterocycles. The van der Waals surface area contributed by atoms with Crippen LogP contribution in [0.5, 0.6) is 0 Å². The third kappa shape index (κ3) is 3.68. The summed E-state index contributed by atoms with van der Waals surface area (Å²) in [4.78, 5) is 12.3. The van der Waals surface area contributed by atoms with Crippen molar-refractivity contribution in [2.45, 2.75) is 16.4 Å². The SMILES string of the molecule is O=[N+]([O-])c1ccc(Sc2ccc(CO)cc2)c(I)c1. The molecule has 0 spiro atoms. The monoisotopic (exact) mass is 387 g/mol. The van der Waals surface area contributed by atoms with Crippen LogP contribution in [-0.2, 0) is 6.61 Å². The molecule has 0 aliphatic carbocycles. The molecule has 0 saturated carbocycles. The maximum atomic E-state index is 10.7. The Labute approximate surface area is 128 Å². The molecule has 2 aromatic rings. The summed E-state index contributed by atoms with van der Waals surface area (Å²) in [7, 11) is 0. The van der Waals surface area contributed by atoms with E-state index in [1.54, 1.807) is 23.9 Å². The molecule has 0 radical (unpaired) electrons. The molecule has 0 fully saturated rings. The first kappa shape index (κ1) is 14.3. The standard InChI is InChI=1S/C13H10INO3S/c14-12-7-10(15(17)18)3-6-13(12)19-11-4-1-9(8-16)2-5-11/h1-7,16H,8H2. The van der Waals surface area contributed by atoms with Gasteiger partial charge in [-0.2, -0.15) is 0 Å². The van der Waals surface area contributed by atoms with E-state index >= 15 is 0 Å². The minimum absolute atomic E-state index is 0.0278. The highest BCUT2D eigenvalue weighted by atomic mass is 127. The molecule has 0 aliphatic heterocycles. The van der Waals surface area contributed by atoms with Crippen LogP contribution >= 0.6 is 34.4 Å². The zero-order chi connectivity index (χ0) is 13.8. The second kappa shape index (κ2) is 6.36. The van der Waals surface area contributed by atoms with Gasteiger partial charge in [-0.25, -0.2) is 0 Å². The number of hydrogen-bond donors (Lipinski definition) is 1. The smallest absolute Gasteiger partial charge is 0.270 e. The van der Waals surface area contributed by atoms with Crippen LogP contribution in [0.2, 0.25) is 0 Å². The molecule has 6 heteroatoms. The van der Waals surface area contributed by atoms with Gasteiger partial charge in [0.2, 0.25) is 0 Å². The third-order valence-electron chi connectivity index (χ3n) is 2.46. The Morgan fingerprint density at radius 3 is 2.42 bits per heavy atom. The molecule has 2 rings (SSSR count). The first-order valence-corrected chi connectivity index (χ1v) is 7.31. The van der Waals surface area contributed by atoms with Crippen molar-refractivity contribution in [3.8, 4) is 0 Å². The van der Waals surface area contributed by atoms with E-state index in [0.717, 1.165) is 18.9 Å². The Morgan fingerprint density at radius 2 is 1.89 bits per heavy atom. The number of aliphatic hydroxyl groups excluding tert-OH is 1. The van der Waals surface area contributed by atoms with Crippen molar-refractivity contribution in [3.63, 3.8) is 0 Å². The van der Waals surface area contributed by atoms with E-state index in [1.807, 2.05) is 24.3 Å². The normalized spacial score (nSPS) is 10.4. The van der Waals surface area contributed by atoms with Gasteiger partial charge in [-0.3, -0.25) is 10.1 Å². The first-order chi connectivity index (χ1) is 9.10. The summed E-state index contributed by atoms with van der Waals surface area (Å²) in [6, 6.07) is 12.4. The van der Waals surface area contributed by atoms with Crippen LogP contribution < -0.4 is 0 Å². The Morgan fingerprint density at radius 1 is 1.21 bits per heavy atom. The van der Waals surface area contributed by atoms with Crippen LogP contribution in [0.4, 0.5) is 5.69 Å². The molecular weight excluding hydrogens is 377 g/mol. The Balaban J connectivity index is 2.20.